The minimum absolute atomic E-state index is 0.0638. The van der Waals surface area contributed by atoms with Crippen LogP contribution in [0, 0.1) is 5.82 Å². The monoisotopic (exact) mass is 322 g/mol. The molecule has 0 saturated carbocycles. The van der Waals surface area contributed by atoms with Crippen molar-refractivity contribution in [3.63, 3.8) is 0 Å². The lowest BCUT2D eigenvalue weighted by molar-refractivity contribution is 0.0696. The molecule has 0 bridgehead atoms. The molecule has 120 valence electrons. The van der Waals surface area contributed by atoms with Gasteiger partial charge in [0.1, 0.15) is 11.6 Å². The summed E-state index contributed by atoms with van der Waals surface area (Å²) in [6.07, 6.45) is 0. The van der Waals surface area contributed by atoms with Crippen LogP contribution in [0.2, 0.25) is 0 Å². The van der Waals surface area contributed by atoms with E-state index in [4.69, 9.17) is 9.84 Å². The minimum atomic E-state index is -1.14. The first-order chi connectivity index (χ1) is 11.6. The van der Waals surface area contributed by atoms with E-state index >= 15 is 0 Å². The van der Waals surface area contributed by atoms with Crippen LogP contribution >= 0.6 is 0 Å². The van der Waals surface area contributed by atoms with Crippen molar-refractivity contribution >= 4 is 5.97 Å². The number of carboxylic acid groups (broad SMARTS) is 1. The number of hydrogen-bond acceptors (Lipinski definition) is 2. The van der Waals surface area contributed by atoms with Crippen molar-refractivity contribution in [3.05, 3.63) is 78.1 Å². The van der Waals surface area contributed by atoms with Gasteiger partial charge >= 0.3 is 5.97 Å². The van der Waals surface area contributed by atoms with Gasteiger partial charge in [-0.2, -0.15) is 0 Å². The highest BCUT2D eigenvalue weighted by Gasteiger charge is 2.10. The highest BCUT2D eigenvalue weighted by molar-refractivity contribution is 5.88. The Balaban J connectivity index is 1.90. The standard InChI is InChI=1S/C20H15FO3/c1-24-17-9-6-14(7-10-17)13-2-4-15(5-3-13)18-11-8-16(20(22)23)12-19(18)21/h2-12H,1H3,(H,22,23). The maximum Gasteiger partial charge on any atom is 0.335 e. The van der Waals surface area contributed by atoms with E-state index in [2.05, 4.69) is 0 Å². The largest absolute Gasteiger partial charge is 0.497 e. The second kappa shape index (κ2) is 6.54. The van der Waals surface area contributed by atoms with E-state index in [1.54, 1.807) is 7.11 Å². The second-order valence-corrected chi connectivity index (χ2v) is 5.31. The molecule has 0 saturated heterocycles. The van der Waals surface area contributed by atoms with Crippen LogP contribution in [0.3, 0.4) is 0 Å². The van der Waals surface area contributed by atoms with Gasteiger partial charge in [-0.05, 0) is 41.0 Å². The van der Waals surface area contributed by atoms with Crippen molar-refractivity contribution in [1.29, 1.82) is 0 Å². The molecular weight excluding hydrogens is 307 g/mol. The van der Waals surface area contributed by atoms with Gasteiger partial charge in [0.15, 0.2) is 0 Å². The molecule has 0 radical (unpaired) electrons. The average Bonchev–Trinajstić information content (AvgIpc) is 2.62. The molecular formula is C20H15FO3. The zero-order valence-corrected chi connectivity index (χ0v) is 13.0. The quantitative estimate of drug-likeness (QED) is 0.745. The van der Waals surface area contributed by atoms with Gasteiger partial charge in [-0.1, -0.05) is 42.5 Å². The summed E-state index contributed by atoms with van der Waals surface area (Å²) in [5.74, 6) is -0.904. The van der Waals surface area contributed by atoms with Gasteiger partial charge in [0, 0.05) is 5.56 Å². The lowest BCUT2D eigenvalue weighted by Crippen LogP contribution is -1.97. The molecule has 3 nitrogen and oxygen atoms in total. The lowest BCUT2D eigenvalue weighted by Gasteiger charge is -2.07. The summed E-state index contributed by atoms with van der Waals surface area (Å²) in [6.45, 7) is 0. The van der Waals surface area contributed by atoms with Crippen molar-refractivity contribution in [3.8, 4) is 28.0 Å². The summed E-state index contributed by atoms with van der Waals surface area (Å²) in [5.41, 5.74) is 3.04. The number of carboxylic acids is 1. The first-order valence-corrected chi connectivity index (χ1v) is 7.36. The molecule has 0 aliphatic heterocycles. The van der Waals surface area contributed by atoms with Crippen LogP contribution in [-0.4, -0.2) is 18.2 Å². The van der Waals surface area contributed by atoms with Gasteiger partial charge in [0.25, 0.3) is 0 Å². The van der Waals surface area contributed by atoms with Gasteiger partial charge in [0.05, 0.1) is 12.7 Å². The average molecular weight is 322 g/mol. The molecule has 0 aromatic heterocycles. The molecule has 0 aliphatic rings. The molecule has 1 N–H and O–H groups in total. The zero-order valence-electron chi connectivity index (χ0n) is 13.0. The Morgan fingerprint density at radius 1 is 0.875 bits per heavy atom. The van der Waals surface area contributed by atoms with Crippen LogP contribution in [0.25, 0.3) is 22.3 Å². The Morgan fingerprint density at radius 2 is 1.42 bits per heavy atom. The van der Waals surface area contributed by atoms with E-state index in [0.29, 0.717) is 11.1 Å². The summed E-state index contributed by atoms with van der Waals surface area (Å²) >= 11 is 0. The molecule has 0 amide bonds. The smallest absolute Gasteiger partial charge is 0.335 e. The van der Waals surface area contributed by atoms with Gasteiger partial charge < -0.3 is 9.84 Å². The Bertz CT molecular complexity index is 868. The summed E-state index contributed by atoms with van der Waals surface area (Å²) in [7, 11) is 1.62. The lowest BCUT2D eigenvalue weighted by atomic mass is 9.99. The number of halogens is 1. The number of hydrogen-bond donors (Lipinski definition) is 1. The molecule has 0 unspecified atom stereocenters. The first-order valence-electron chi connectivity index (χ1n) is 7.36. The number of carbonyl (C=O) groups is 1. The molecule has 24 heavy (non-hydrogen) atoms. The Morgan fingerprint density at radius 3 is 1.92 bits per heavy atom. The molecule has 0 heterocycles. The number of methoxy groups -OCH3 is 1. The molecule has 0 fully saturated rings. The van der Waals surface area contributed by atoms with Crippen molar-refractivity contribution < 1.29 is 19.0 Å². The number of rotatable bonds is 4. The summed E-state index contributed by atoms with van der Waals surface area (Å²) in [6, 6.07) is 19.0. The summed E-state index contributed by atoms with van der Waals surface area (Å²) in [5, 5.41) is 8.89. The van der Waals surface area contributed by atoms with Crippen LogP contribution in [0.4, 0.5) is 4.39 Å². The van der Waals surface area contributed by atoms with Gasteiger partial charge in [-0.3, -0.25) is 0 Å². The predicted octanol–water partition coefficient (Wildman–Crippen LogP) is 4.87. The molecule has 3 aromatic rings. The fraction of sp³-hybridized carbons (Fsp3) is 0.0500. The molecule has 0 aliphatic carbocycles. The van der Waals surface area contributed by atoms with Crippen molar-refractivity contribution in [2.75, 3.05) is 7.11 Å². The van der Waals surface area contributed by atoms with Crippen LogP contribution in [-0.2, 0) is 0 Å². The van der Waals surface area contributed by atoms with Crippen LogP contribution < -0.4 is 4.74 Å². The van der Waals surface area contributed by atoms with Crippen LogP contribution in [0.15, 0.2) is 66.7 Å². The molecule has 0 spiro atoms. The number of benzene rings is 3. The Kier molecular flexibility index (Phi) is 4.29. The summed E-state index contributed by atoms with van der Waals surface area (Å²) < 4.78 is 19.3. The third kappa shape index (κ3) is 3.13. The predicted molar refractivity (Wildman–Crippen MR) is 90.8 cm³/mol. The van der Waals surface area contributed by atoms with E-state index in [1.807, 2.05) is 48.5 Å². The highest BCUT2D eigenvalue weighted by atomic mass is 19.1. The maximum atomic E-state index is 14.1. The Hall–Kier alpha value is -3.14. The van der Waals surface area contributed by atoms with Gasteiger partial charge in [-0.25, -0.2) is 9.18 Å². The van der Waals surface area contributed by atoms with Crippen LogP contribution in [0.5, 0.6) is 5.75 Å². The molecule has 0 atom stereocenters. The SMILES string of the molecule is COc1ccc(-c2ccc(-c3ccc(C(=O)O)cc3F)cc2)cc1. The van der Waals surface area contributed by atoms with E-state index < -0.39 is 11.8 Å². The topological polar surface area (TPSA) is 46.5 Å². The normalized spacial score (nSPS) is 10.4. The number of aromatic carboxylic acids is 1. The zero-order chi connectivity index (χ0) is 17.1. The maximum absolute atomic E-state index is 14.1. The van der Waals surface area contributed by atoms with Crippen LogP contribution in [0.1, 0.15) is 10.4 Å². The second-order valence-electron chi connectivity index (χ2n) is 5.31. The van der Waals surface area contributed by atoms with E-state index in [0.717, 1.165) is 22.9 Å². The van der Waals surface area contributed by atoms with E-state index in [-0.39, 0.29) is 5.56 Å². The third-order valence-corrected chi connectivity index (χ3v) is 3.84. The van der Waals surface area contributed by atoms with Crippen molar-refractivity contribution in [2.45, 2.75) is 0 Å². The first kappa shape index (κ1) is 15.7. The minimum Gasteiger partial charge on any atom is -0.497 e. The molecule has 4 heteroatoms. The fourth-order valence-electron chi connectivity index (χ4n) is 2.51. The van der Waals surface area contributed by atoms with E-state index in [1.165, 1.54) is 12.1 Å². The third-order valence-electron chi connectivity index (χ3n) is 3.84. The van der Waals surface area contributed by atoms with E-state index in [9.17, 15) is 9.18 Å². The fourth-order valence-corrected chi connectivity index (χ4v) is 2.51. The summed E-state index contributed by atoms with van der Waals surface area (Å²) in [4.78, 5) is 10.9. The van der Waals surface area contributed by atoms with Crippen molar-refractivity contribution in [2.24, 2.45) is 0 Å². The Labute approximate surface area is 139 Å². The highest BCUT2D eigenvalue weighted by Crippen LogP contribution is 2.28. The van der Waals surface area contributed by atoms with Gasteiger partial charge in [-0.15, -0.1) is 0 Å². The van der Waals surface area contributed by atoms with Crippen molar-refractivity contribution in [1.82, 2.24) is 0 Å². The molecule has 3 rings (SSSR count). The molecule has 3 aromatic carbocycles. The van der Waals surface area contributed by atoms with Gasteiger partial charge in [0.2, 0.25) is 0 Å². The number of ether oxygens (including phenoxy) is 1.